The standard InChI is InChI=1S/C13H18BrFO/c1-2-4-12(16)6-3-5-10-9-11(15)7-8-13(10)14/h7-9,12,16H,2-6H2,1H3. The molecule has 16 heavy (non-hydrogen) atoms. The maximum atomic E-state index is 13.0. The van der Waals surface area contributed by atoms with Crippen LogP contribution in [0.15, 0.2) is 22.7 Å². The molecule has 0 radical (unpaired) electrons. The molecule has 0 heterocycles. The van der Waals surface area contributed by atoms with Gasteiger partial charge in [-0.15, -0.1) is 0 Å². The van der Waals surface area contributed by atoms with Crippen LogP contribution in [0.1, 0.15) is 38.2 Å². The highest BCUT2D eigenvalue weighted by Gasteiger charge is 2.05. The van der Waals surface area contributed by atoms with Crippen LogP contribution in [-0.4, -0.2) is 11.2 Å². The van der Waals surface area contributed by atoms with Crippen LogP contribution in [0.2, 0.25) is 0 Å². The van der Waals surface area contributed by atoms with E-state index in [2.05, 4.69) is 22.9 Å². The van der Waals surface area contributed by atoms with Crippen molar-refractivity contribution in [3.63, 3.8) is 0 Å². The number of halogens is 2. The smallest absolute Gasteiger partial charge is 0.123 e. The third kappa shape index (κ3) is 4.62. The van der Waals surface area contributed by atoms with E-state index in [1.54, 1.807) is 12.1 Å². The van der Waals surface area contributed by atoms with Gasteiger partial charge >= 0.3 is 0 Å². The van der Waals surface area contributed by atoms with Crippen LogP contribution in [0.3, 0.4) is 0 Å². The van der Waals surface area contributed by atoms with Gasteiger partial charge in [0.25, 0.3) is 0 Å². The van der Waals surface area contributed by atoms with E-state index in [1.165, 1.54) is 6.07 Å². The largest absolute Gasteiger partial charge is 0.393 e. The van der Waals surface area contributed by atoms with Crippen molar-refractivity contribution in [3.05, 3.63) is 34.1 Å². The molecule has 90 valence electrons. The number of aryl methyl sites for hydroxylation is 1. The Morgan fingerprint density at radius 2 is 2.12 bits per heavy atom. The van der Waals surface area contributed by atoms with Crippen molar-refractivity contribution < 1.29 is 9.50 Å². The van der Waals surface area contributed by atoms with Crippen LogP contribution in [0.25, 0.3) is 0 Å². The number of rotatable bonds is 6. The summed E-state index contributed by atoms with van der Waals surface area (Å²) in [6.07, 6.45) is 4.13. The van der Waals surface area contributed by atoms with Crippen molar-refractivity contribution in [2.75, 3.05) is 0 Å². The molecule has 0 saturated carbocycles. The second-order valence-corrected chi connectivity index (χ2v) is 4.92. The molecule has 1 N–H and O–H groups in total. The maximum Gasteiger partial charge on any atom is 0.123 e. The monoisotopic (exact) mass is 288 g/mol. The number of hydrogen-bond acceptors (Lipinski definition) is 1. The molecule has 1 nitrogen and oxygen atoms in total. The molecule has 0 aliphatic heterocycles. The Morgan fingerprint density at radius 3 is 2.81 bits per heavy atom. The summed E-state index contributed by atoms with van der Waals surface area (Å²) in [6.45, 7) is 2.06. The maximum absolute atomic E-state index is 13.0. The van der Waals surface area contributed by atoms with E-state index < -0.39 is 0 Å². The molecule has 0 spiro atoms. The highest BCUT2D eigenvalue weighted by Crippen LogP contribution is 2.20. The first-order valence-electron chi connectivity index (χ1n) is 5.75. The van der Waals surface area contributed by atoms with Gasteiger partial charge in [-0.1, -0.05) is 29.3 Å². The van der Waals surface area contributed by atoms with Gasteiger partial charge in [-0.2, -0.15) is 0 Å². The lowest BCUT2D eigenvalue weighted by atomic mass is 10.0. The van der Waals surface area contributed by atoms with Gasteiger partial charge in [0.05, 0.1) is 6.10 Å². The van der Waals surface area contributed by atoms with Gasteiger partial charge in [0, 0.05) is 4.47 Å². The van der Waals surface area contributed by atoms with Crippen molar-refractivity contribution in [2.24, 2.45) is 0 Å². The number of hydrogen-bond donors (Lipinski definition) is 1. The van der Waals surface area contributed by atoms with Crippen LogP contribution < -0.4 is 0 Å². The van der Waals surface area contributed by atoms with Gasteiger partial charge in [0.15, 0.2) is 0 Å². The Kier molecular flexibility index (Phi) is 5.99. The van der Waals surface area contributed by atoms with Gasteiger partial charge in [-0.25, -0.2) is 4.39 Å². The van der Waals surface area contributed by atoms with Crippen molar-refractivity contribution in [3.8, 4) is 0 Å². The van der Waals surface area contributed by atoms with Crippen LogP contribution >= 0.6 is 15.9 Å². The summed E-state index contributed by atoms with van der Waals surface area (Å²) in [5.74, 6) is -0.202. The van der Waals surface area contributed by atoms with Crippen LogP contribution in [0, 0.1) is 5.82 Å². The first-order valence-corrected chi connectivity index (χ1v) is 6.54. The van der Waals surface area contributed by atoms with Crippen LogP contribution in [0.5, 0.6) is 0 Å². The minimum absolute atomic E-state index is 0.202. The molecule has 0 amide bonds. The summed E-state index contributed by atoms with van der Waals surface area (Å²) < 4.78 is 13.9. The Labute approximate surface area is 105 Å². The van der Waals surface area contributed by atoms with E-state index in [9.17, 15) is 9.50 Å². The number of aliphatic hydroxyl groups is 1. The number of benzene rings is 1. The lowest BCUT2D eigenvalue weighted by Crippen LogP contribution is -2.06. The fraction of sp³-hybridized carbons (Fsp3) is 0.538. The summed E-state index contributed by atoms with van der Waals surface area (Å²) in [6, 6.07) is 4.73. The van der Waals surface area contributed by atoms with Gasteiger partial charge < -0.3 is 5.11 Å². The molecule has 0 aliphatic carbocycles. The molecule has 1 aromatic carbocycles. The molecule has 1 rings (SSSR count). The molecule has 1 unspecified atom stereocenters. The zero-order valence-corrected chi connectivity index (χ0v) is 11.1. The fourth-order valence-corrected chi connectivity index (χ4v) is 2.19. The Balaban J connectivity index is 2.39. The normalized spacial score (nSPS) is 12.8. The topological polar surface area (TPSA) is 20.2 Å². The zero-order chi connectivity index (χ0) is 12.0. The average Bonchev–Trinajstić information content (AvgIpc) is 2.23. The van der Waals surface area contributed by atoms with Crippen molar-refractivity contribution in [1.82, 2.24) is 0 Å². The third-order valence-corrected chi connectivity index (χ3v) is 3.39. The van der Waals surface area contributed by atoms with E-state index in [0.29, 0.717) is 0 Å². The molecule has 3 heteroatoms. The summed E-state index contributed by atoms with van der Waals surface area (Å²) in [5, 5.41) is 9.57. The van der Waals surface area contributed by atoms with E-state index in [4.69, 9.17) is 0 Å². The van der Waals surface area contributed by atoms with Gasteiger partial charge in [-0.05, 0) is 49.4 Å². The summed E-state index contributed by atoms with van der Waals surface area (Å²) in [4.78, 5) is 0. The van der Waals surface area contributed by atoms with E-state index in [1.807, 2.05) is 0 Å². The molecule has 0 fully saturated rings. The molecule has 0 aromatic heterocycles. The van der Waals surface area contributed by atoms with Gasteiger partial charge in [0.2, 0.25) is 0 Å². The highest BCUT2D eigenvalue weighted by molar-refractivity contribution is 9.10. The van der Waals surface area contributed by atoms with Crippen molar-refractivity contribution in [2.45, 2.75) is 45.1 Å². The van der Waals surface area contributed by atoms with Crippen LogP contribution in [0.4, 0.5) is 4.39 Å². The molecule has 1 atom stereocenters. The minimum atomic E-state index is -0.211. The SMILES string of the molecule is CCCC(O)CCCc1cc(F)ccc1Br. The van der Waals surface area contributed by atoms with Crippen molar-refractivity contribution in [1.29, 1.82) is 0 Å². The van der Waals surface area contributed by atoms with E-state index >= 15 is 0 Å². The van der Waals surface area contributed by atoms with E-state index in [0.717, 1.165) is 42.1 Å². The van der Waals surface area contributed by atoms with Crippen molar-refractivity contribution >= 4 is 15.9 Å². The lowest BCUT2D eigenvalue weighted by molar-refractivity contribution is 0.151. The minimum Gasteiger partial charge on any atom is -0.393 e. The highest BCUT2D eigenvalue weighted by atomic mass is 79.9. The molecular weight excluding hydrogens is 271 g/mol. The second-order valence-electron chi connectivity index (χ2n) is 4.07. The summed E-state index contributed by atoms with van der Waals surface area (Å²) >= 11 is 3.40. The summed E-state index contributed by atoms with van der Waals surface area (Å²) in [7, 11) is 0. The quantitative estimate of drug-likeness (QED) is 0.837. The van der Waals surface area contributed by atoms with Gasteiger partial charge in [0.1, 0.15) is 5.82 Å². The molecular formula is C13H18BrFO. The lowest BCUT2D eigenvalue weighted by Gasteiger charge is -2.09. The number of aliphatic hydroxyl groups excluding tert-OH is 1. The van der Waals surface area contributed by atoms with Crippen LogP contribution in [-0.2, 0) is 6.42 Å². The Morgan fingerprint density at radius 1 is 1.38 bits per heavy atom. The fourth-order valence-electron chi connectivity index (χ4n) is 1.74. The Bertz CT molecular complexity index is 328. The average molecular weight is 289 g/mol. The molecule has 0 bridgehead atoms. The predicted molar refractivity (Wildman–Crippen MR) is 68.0 cm³/mol. The molecule has 0 aliphatic rings. The van der Waals surface area contributed by atoms with E-state index in [-0.39, 0.29) is 11.9 Å². The molecule has 0 saturated heterocycles. The predicted octanol–water partition coefficient (Wildman–Crippen LogP) is 4.07. The molecule has 1 aromatic rings. The first kappa shape index (κ1) is 13.7. The Hall–Kier alpha value is -0.410. The summed E-state index contributed by atoms with van der Waals surface area (Å²) in [5.41, 5.74) is 0.976. The second kappa shape index (κ2) is 7.02. The first-order chi connectivity index (χ1) is 7.63. The third-order valence-electron chi connectivity index (χ3n) is 2.61. The zero-order valence-electron chi connectivity index (χ0n) is 9.55. The van der Waals surface area contributed by atoms with Gasteiger partial charge in [-0.3, -0.25) is 0 Å².